The van der Waals surface area contributed by atoms with Crippen LogP contribution in [0.3, 0.4) is 0 Å². The number of hydrogen-bond acceptors (Lipinski definition) is 2. The quantitative estimate of drug-likeness (QED) is 0.572. The minimum Gasteiger partial charge on any atom is -0.377 e. The minimum atomic E-state index is 0.410. The van der Waals surface area contributed by atoms with Crippen molar-refractivity contribution in [1.82, 2.24) is 4.98 Å². The fourth-order valence-electron chi connectivity index (χ4n) is 0.971. The van der Waals surface area contributed by atoms with Gasteiger partial charge in [-0.05, 0) is 12.5 Å². The fourth-order valence-corrected chi connectivity index (χ4v) is 1.39. The summed E-state index contributed by atoms with van der Waals surface area (Å²) in [5.41, 5.74) is 0.882. The van der Waals surface area contributed by atoms with E-state index in [-0.39, 0.29) is 0 Å². The molecule has 78 valence electrons. The van der Waals surface area contributed by atoms with Gasteiger partial charge in [0.15, 0.2) is 0 Å². The molecular formula is C10H13Cl2NO. The van der Waals surface area contributed by atoms with Crippen LogP contribution in [0.5, 0.6) is 0 Å². The lowest BCUT2D eigenvalue weighted by Crippen LogP contribution is -1.96. The first kappa shape index (κ1) is 11.8. The Labute approximate surface area is 94.2 Å². The molecule has 1 rings (SSSR count). The van der Waals surface area contributed by atoms with Crippen LogP contribution >= 0.6 is 23.2 Å². The number of ether oxygens (including phenoxy) is 1. The molecular weight excluding hydrogens is 221 g/mol. The molecule has 14 heavy (non-hydrogen) atoms. The monoisotopic (exact) mass is 233 g/mol. The molecule has 0 aliphatic heterocycles. The Morgan fingerprint density at radius 3 is 2.86 bits per heavy atom. The molecule has 0 unspecified atom stereocenters. The summed E-state index contributed by atoms with van der Waals surface area (Å²) in [6.07, 6.45) is 3.85. The van der Waals surface area contributed by atoms with Crippen molar-refractivity contribution in [2.24, 2.45) is 0 Å². The number of rotatable bonds is 5. The average molecular weight is 234 g/mol. The van der Waals surface area contributed by atoms with E-state index in [1.807, 2.05) is 0 Å². The van der Waals surface area contributed by atoms with E-state index in [4.69, 9.17) is 27.9 Å². The maximum absolute atomic E-state index is 5.94. The Kier molecular flexibility index (Phi) is 5.23. The van der Waals surface area contributed by atoms with Gasteiger partial charge in [0.2, 0.25) is 0 Å². The number of pyridine rings is 1. The molecule has 4 heteroatoms. The number of aromatic nitrogens is 1. The Hall–Kier alpha value is -0.310. The van der Waals surface area contributed by atoms with Crippen LogP contribution < -0.4 is 0 Å². The van der Waals surface area contributed by atoms with E-state index < -0.39 is 0 Å². The van der Waals surface area contributed by atoms with Crippen LogP contribution in [0.4, 0.5) is 0 Å². The summed E-state index contributed by atoms with van der Waals surface area (Å²) in [6, 6.07) is 1.63. The third-order valence-electron chi connectivity index (χ3n) is 1.80. The summed E-state index contributed by atoms with van der Waals surface area (Å²) < 4.78 is 5.41. The molecule has 0 aromatic carbocycles. The predicted octanol–water partition coefficient (Wildman–Crippen LogP) is 3.71. The van der Waals surface area contributed by atoms with Crippen LogP contribution in [0, 0.1) is 0 Å². The second-order valence-electron chi connectivity index (χ2n) is 3.00. The Morgan fingerprint density at radius 2 is 2.21 bits per heavy atom. The number of nitrogens with zero attached hydrogens (tertiary/aromatic N) is 1. The first-order valence-electron chi connectivity index (χ1n) is 4.61. The first-order chi connectivity index (χ1) is 6.74. The third-order valence-corrected chi connectivity index (χ3v) is 2.35. The molecule has 0 radical (unpaired) electrons. The van der Waals surface area contributed by atoms with Crippen molar-refractivity contribution in [3.8, 4) is 0 Å². The highest BCUT2D eigenvalue weighted by molar-refractivity contribution is 6.34. The van der Waals surface area contributed by atoms with Crippen LogP contribution in [0.2, 0.25) is 10.2 Å². The van der Waals surface area contributed by atoms with Crippen molar-refractivity contribution in [3.63, 3.8) is 0 Å². The van der Waals surface area contributed by atoms with E-state index >= 15 is 0 Å². The third kappa shape index (κ3) is 3.82. The van der Waals surface area contributed by atoms with E-state index in [0.717, 1.165) is 25.0 Å². The van der Waals surface area contributed by atoms with Gasteiger partial charge in [-0.1, -0.05) is 36.5 Å². The Balaban J connectivity index is 2.42. The van der Waals surface area contributed by atoms with Crippen molar-refractivity contribution in [1.29, 1.82) is 0 Å². The summed E-state index contributed by atoms with van der Waals surface area (Å²) in [4.78, 5) is 3.94. The molecule has 0 N–H and O–H groups in total. The van der Waals surface area contributed by atoms with Crippen molar-refractivity contribution in [2.45, 2.75) is 26.4 Å². The highest BCUT2D eigenvalue weighted by Crippen LogP contribution is 2.19. The van der Waals surface area contributed by atoms with E-state index in [1.54, 1.807) is 12.3 Å². The topological polar surface area (TPSA) is 22.1 Å². The molecule has 0 amide bonds. The van der Waals surface area contributed by atoms with Gasteiger partial charge in [-0.3, -0.25) is 0 Å². The predicted molar refractivity (Wildman–Crippen MR) is 58.8 cm³/mol. The largest absolute Gasteiger partial charge is 0.377 e. The zero-order chi connectivity index (χ0) is 10.4. The summed E-state index contributed by atoms with van der Waals surface area (Å²) in [5, 5.41) is 1.02. The summed E-state index contributed by atoms with van der Waals surface area (Å²) in [6.45, 7) is 3.39. The average Bonchev–Trinajstić information content (AvgIpc) is 2.15. The SMILES string of the molecule is CCCCOCc1cnc(Cl)cc1Cl. The lowest BCUT2D eigenvalue weighted by molar-refractivity contribution is 0.118. The minimum absolute atomic E-state index is 0.410. The fraction of sp³-hybridized carbons (Fsp3) is 0.500. The molecule has 0 fully saturated rings. The van der Waals surface area contributed by atoms with Gasteiger partial charge in [0.1, 0.15) is 5.15 Å². The van der Waals surface area contributed by atoms with Gasteiger partial charge in [-0.2, -0.15) is 0 Å². The lowest BCUT2D eigenvalue weighted by atomic mass is 10.3. The molecule has 1 aromatic heterocycles. The van der Waals surface area contributed by atoms with Gasteiger partial charge in [0.05, 0.1) is 11.6 Å². The van der Waals surface area contributed by atoms with Crippen LogP contribution in [-0.2, 0) is 11.3 Å². The van der Waals surface area contributed by atoms with E-state index in [1.165, 1.54) is 0 Å². The molecule has 0 aliphatic rings. The first-order valence-corrected chi connectivity index (χ1v) is 5.37. The van der Waals surface area contributed by atoms with Gasteiger partial charge < -0.3 is 4.74 Å². The van der Waals surface area contributed by atoms with Crippen LogP contribution in [0.15, 0.2) is 12.3 Å². The second-order valence-corrected chi connectivity index (χ2v) is 3.80. The second kappa shape index (κ2) is 6.23. The Morgan fingerprint density at radius 1 is 1.43 bits per heavy atom. The normalized spacial score (nSPS) is 10.5. The van der Waals surface area contributed by atoms with Gasteiger partial charge >= 0.3 is 0 Å². The van der Waals surface area contributed by atoms with Crippen molar-refractivity contribution >= 4 is 23.2 Å². The smallest absolute Gasteiger partial charge is 0.130 e. The van der Waals surface area contributed by atoms with Crippen LogP contribution in [0.25, 0.3) is 0 Å². The maximum Gasteiger partial charge on any atom is 0.130 e. The van der Waals surface area contributed by atoms with Crippen molar-refractivity contribution in [2.75, 3.05) is 6.61 Å². The van der Waals surface area contributed by atoms with Gasteiger partial charge in [0, 0.05) is 18.4 Å². The van der Waals surface area contributed by atoms with Crippen molar-refractivity contribution < 1.29 is 4.74 Å². The zero-order valence-corrected chi connectivity index (χ0v) is 9.61. The number of halogens is 2. The van der Waals surface area contributed by atoms with E-state index in [0.29, 0.717) is 16.8 Å². The highest BCUT2D eigenvalue weighted by Gasteiger charge is 2.01. The molecule has 0 atom stereocenters. The summed E-state index contributed by atoms with van der Waals surface area (Å²) in [7, 11) is 0. The molecule has 0 bridgehead atoms. The molecule has 0 saturated carbocycles. The molecule has 2 nitrogen and oxygen atoms in total. The molecule has 1 aromatic rings. The standard InChI is InChI=1S/C10H13Cl2NO/c1-2-3-4-14-7-8-6-13-10(12)5-9(8)11/h5-6H,2-4,7H2,1H3. The zero-order valence-electron chi connectivity index (χ0n) is 8.09. The van der Waals surface area contributed by atoms with Crippen molar-refractivity contribution in [3.05, 3.63) is 28.0 Å². The van der Waals surface area contributed by atoms with Crippen LogP contribution in [-0.4, -0.2) is 11.6 Å². The molecule has 0 saturated heterocycles. The molecule has 1 heterocycles. The van der Waals surface area contributed by atoms with Gasteiger partial charge in [0.25, 0.3) is 0 Å². The summed E-state index contributed by atoms with van der Waals surface area (Å²) in [5.74, 6) is 0. The Bertz CT molecular complexity index is 291. The maximum atomic E-state index is 5.94. The molecule has 0 aliphatic carbocycles. The summed E-state index contributed by atoms with van der Waals surface area (Å²) >= 11 is 11.6. The lowest BCUT2D eigenvalue weighted by Gasteiger charge is -2.05. The van der Waals surface area contributed by atoms with Crippen LogP contribution in [0.1, 0.15) is 25.3 Å². The molecule has 0 spiro atoms. The number of hydrogen-bond donors (Lipinski definition) is 0. The van der Waals surface area contributed by atoms with Gasteiger partial charge in [-0.15, -0.1) is 0 Å². The van der Waals surface area contributed by atoms with Gasteiger partial charge in [-0.25, -0.2) is 4.98 Å². The number of unbranched alkanes of at least 4 members (excludes halogenated alkanes) is 1. The van der Waals surface area contributed by atoms with E-state index in [2.05, 4.69) is 11.9 Å². The highest BCUT2D eigenvalue weighted by atomic mass is 35.5. The van der Waals surface area contributed by atoms with E-state index in [9.17, 15) is 0 Å².